The minimum Gasteiger partial charge on any atom is -0.494 e. The Morgan fingerprint density at radius 2 is 2.09 bits per heavy atom. The van der Waals surface area contributed by atoms with Crippen LogP contribution in [0.5, 0.6) is 5.75 Å². The number of aromatic nitrogens is 5. The van der Waals surface area contributed by atoms with Gasteiger partial charge in [0.05, 0.1) is 24.7 Å². The molecule has 0 radical (unpaired) electrons. The average molecular weight is 467 g/mol. The number of methoxy groups -OCH3 is 1. The van der Waals surface area contributed by atoms with Crippen molar-refractivity contribution in [1.82, 2.24) is 35.4 Å². The first-order chi connectivity index (χ1) is 17.6. The van der Waals surface area contributed by atoms with Crippen molar-refractivity contribution in [3.63, 3.8) is 0 Å². The van der Waals surface area contributed by atoms with Gasteiger partial charge in [-0.2, -0.15) is 15.0 Å². The number of hydrogen-bond donors (Lipinski definition) is 2. The van der Waals surface area contributed by atoms with E-state index in [9.17, 15) is 9.59 Å². The summed E-state index contributed by atoms with van der Waals surface area (Å²) in [4.78, 5) is 30.5. The third kappa shape index (κ3) is 3.87. The maximum absolute atomic E-state index is 12.9. The van der Waals surface area contributed by atoms with Gasteiger partial charge in [-0.25, -0.2) is 4.79 Å². The number of amides is 3. The SMILES string of the molecule is [2H]C([2H])([2H])NC(=O)c1nnc(N2CCN(C3CC3)C2=O)cc1Nc1cccc(-c2cnn(C)n2)c1OC. The molecule has 2 N–H and O–H groups in total. The van der Waals surface area contributed by atoms with E-state index in [1.165, 1.54) is 22.9 Å². The molecule has 12 heteroatoms. The highest BCUT2D eigenvalue weighted by Gasteiger charge is 2.40. The topological polar surface area (TPSA) is 130 Å². The number of nitrogens with one attached hydrogen (secondary N) is 2. The highest BCUT2D eigenvalue weighted by Crippen LogP contribution is 2.38. The molecule has 0 atom stereocenters. The third-order valence-electron chi connectivity index (χ3n) is 5.78. The summed E-state index contributed by atoms with van der Waals surface area (Å²) < 4.78 is 27.9. The second-order valence-electron chi connectivity index (χ2n) is 8.01. The minimum atomic E-state index is -2.73. The number of rotatable bonds is 7. The lowest BCUT2D eigenvalue weighted by Crippen LogP contribution is -2.34. The molecule has 2 fully saturated rings. The minimum absolute atomic E-state index is 0.152. The predicted octanol–water partition coefficient (Wildman–Crippen LogP) is 1.79. The van der Waals surface area contributed by atoms with Crippen LogP contribution in [-0.4, -0.2) is 75.2 Å². The van der Waals surface area contributed by atoms with Crippen LogP contribution in [0.15, 0.2) is 30.5 Å². The number of para-hydroxylation sites is 1. The van der Waals surface area contributed by atoms with Crippen molar-refractivity contribution in [2.24, 2.45) is 7.05 Å². The summed E-state index contributed by atoms with van der Waals surface area (Å²) in [6.45, 7) is -1.73. The standard InChI is InChI=1S/C22H25N9O3/c1-23-21(32)19-16(11-18(26-27-19)31-10-9-30(22(31)33)13-7-8-13)25-15-6-4-5-14(20(15)34-3)17-12-24-29(2)28-17/h4-6,11-13H,7-10H2,1-3H3,(H,23,32)(H,25,26)/i1D3. The molecule has 34 heavy (non-hydrogen) atoms. The summed E-state index contributed by atoms with van der Waals surface area (Å²) >= 11 is 0. The van der Waals surface area contributed by atoms with E-state index >= 15 is 0 Å². The van der Waals surface area contributed by atoms with Gasteiger partial charge in [-0.05, 0) is 25.0 Å². The summed E-state index contributed by atoms with van der Waals surface area (Å²) in [7, 11) is 3.19. The average Bonchev–Trinajstić information content (AvgIpc) is 3.47. The number of nitrogens with zero attached hydrogens (tertiary/aromatic N) is 7. The highest BCUT2D eigenvalue weighted by atomic mass is 16.5. The number of carbonyl (C=O) groups excluding carboxylic acids is 2. The lowest BCUT2D eigenvalue weighted by Gasteiger charge is -2.19. The first kappa shape index (κ1) is 18.2. The van der Waals surface area contributed by atoms with Gasteiger partial charge in [0.15, 0.2) is 17.3 Å². The molecule has 0 bridgehead atoms. The molecule has 1 saturated heterocycles. The molecule has 1 aromatic carbocycles. The Morgan fingerprint density at radius 3 is 2.79 bits per heavy atom. The van der Waals surface area contributed by atoms with Gasteiger partial charge in [-0.1, -0.05) is 6.07 Å². The lowest BCUT2D eigenvalue weighted by molar-refractivity contribution is 0.0958. The smallest absolute Gasteiger partial charge is 0.326 e. The van der Waals surface area contributed by atoms with E-state index in [2.05, 4.69) is 25.7 Å². The van der Waals surface area contributed by atoms with Crippen molar-refractivity contribution in [1.29, 1.82) is 0 Å². The van der Waals surface area contributed by atoms with E-state index in [4.69, 9.17) is 8.85 Å². The second-order valence-corrected chi connectivity index (χ2v) is 8.01. The molecule has 1 aliphatic carbocycles. The van der Waals surface area contributed by atoms with Gasteiger partial charge in [0, 0.05) is 48.9 Å². The zero-order valence-electron chi connectivity index (χ0n) is 21.6. The first-order valence-electron chi connectivity index (χ1n) is 12.2. The summed E-state index contributed by atoms with van der Waals surface area (Å²) in [6.07, 6.45) is 3.55. The van der Waals surface area contributed by atoms with Gasteiger partial charge >= 0.3 is 6.03 Å². The molecule has 1 saturated carbocycles. The maximum Gasteiger partial charge on any atom is 0.326 e. The first-order valence-corrected chi connectivity index (χ1v) is 10.7. The molecule has 3 aromatic rings. The van der Waals surface area contributed by atoms with E-state index in [1.54, 1.807) is 30.3 Å². The number of benzene rings is 1. The van der Waals surface area contributed by atoms with Crippen molar-refractivity contribution in [2.75, 3.05) is 37.4 Å². The molecule has 3 heterocycles. The van der Waals surface area contributed by atoms with Crippen LogP contribution in [0.4, 0.5) is 22.0 Å². The second kappa shape index (κ2) is 8.61. The van der Waals surface area contributed by atoms with E-state index < -0.39 is 12.9 Å². The Morgan fingerprint density at radius 1 is 1.24 bits per heavy atom. The Bertz CT molecular complexity index is 1360. The van der Waals surface area contributed by atoms with Gasteiger partial charge < -0.3 is 20.3 Å². The van der Waals surface area contributed by atoms with E-state index in [1.807, 2.05) is 11.4 Å². The summed E-state index contributed by atoms with van der Waals surface area (Å²) in [6, 6.07) is 6.88. The monoisotopic (exact) mass is 466 g/mol. The van der Waals surface area contributed by atoms with Crippen LogP contribution in [0.2, 0.25) is 0 Å². The molecule has 2 aliphatic rings. The molecule has 12 nitrogen and oxygen atoms in total. The molecular formula is C22H25N9O3. The third-order valence-corrected chi connectivity index (χ3v) is 5.78. The Balaban J connectivity index is 1.53. The Labute approximate surface area is 200 Å². The largest absolute Gasteiger partial charge is 0.494 e. The number of ether oxygens (including phenoxy) is 1. The molecule has 2 aromatic heterocycles. The number of urea groups is 1. The van der Waals surface area contributed by atoms with E-state index in [-0.39, 0.29) is 29.3 Å². The van der Waals surface area contributed by atoms with Crippen molar-refractivity contribution in [3.8, 4) is 17.0 Å². The summed E-state index contributed by atoms with van der Waals surface area (Å²) in [5, 5.41) is 21.6. The highest BCUT2D eigenvalue weighted by molar-refractivity contribution is 6.00. The van der Waals surface area contributed by atoms with Crippen LogP contribution >= 0.6 is 0 Å². The van der Waals surface area contributed by atoms with Crippen LogP contribution in [0.1, 0.15) is 27.4 Å². The Kier molecular flexibility index (Phi) is 4.62. The van der Waals surface area contributed by atoms with E-state index in [0.717, 1.165) is 12.8 Å². The molecule has 5 rings (SSSR count). The van der Waals surface area contributed by atoms with Crippen LogP contribution < -0.4 is 20.3 Å². The molecule has 1 aliphatic heterocycles. The predicted molar refractivity (Wildman–Crippen MR) is 124 cm³/mol. The zero-order valence-corrected chi connectivity index (χ0v) is 18.6. The van der Waals surface area contributed by atoms with Gasteiger partial charge in [0.2, 0.25) is 0 Å². The van der Waals surface area contributed by atoms with Gasteiger partial charge in [-0.15, -0.1) is 10.2 Å². The van der Waals surface area contributed by atoms with Crippen molar-refractivity contribution >= 4 is 29.1 Å². The number of carbonyl (C=O) groups is 2. The van der Waals surface area contributed by atoms with Gasteiger partial charge in [0.1, 0.15) is 5.69 Å². The van der Waals surface area contributed by atoms with E-state index in [0.29, 0.717) is 35.8 Å². The van der Waals surface area contributed by atoms with Crippen molar-refractivity contribution in [2.45, 2.75) is 18.9 Å². The van der Waals surface area contributed by atoms with Gasteiger partial charge in [0.25, 0.3) is 5.91 Å². The molecular weight excluding hydrogens is 438 g/mol. The zero-order chi connectivity index (χ0) is 26.3. The summed E-state index contributed by atoms with van der Waals surface area (Å²) in [5.74, 6) is -0.288. The van der Waals surface area contributed by atoms with Crippen molar-refractivity contribution < 1.29 is 18.4 Å². The fraction of sp³-hybridized carbons (Fsp3) is 0.364. The van der Waals surface area contributed by atoms with Crippen LogP contribution in [0, 0.1) is 0 Å². The van der Waals surface area contributed by atoms with Crippen LogP contribution in [0.25, 0.3) is 11.3 Å². The van der Waals surface area contributed by atoms with Crippen molar-refractivity contribution in [3.05, 3.63) is 36.2 Å². The van der Waals surface area contributed by atoms with Crippen LogP contribution in [-0.2, 0) is 7.05 Å². The quantitative estimate of drug-likeness (QED) is 0.539. The molecule has 176 valence electrons. The number of anilines is 3. The fourth-order valence-electron chi connectivity index (χ4n) is 4.00. The number of hydrogen-bond acceptors (Lipinski definition) is 8. The number of aryl methyl sites for hydroxylation is 1. The normalized spacial score (nSPS) is 17.2. The van der Waals surface area contributed by atoms with Crippen LogP contribution in [0.3, 0.4) is 0 Å². The summed E-state index contributed by atoms with van der Waals surface area (Å²) in [5.41, 5.74) is 1.57. The Hall–Kier alpha value is -4.22. The fourth-order valence-corrected chi connectivity index (χ4v) is 4.00. The maximum atomic E-state index is 12.9. The molecule has 0 unspecified atom stereocenters. The molecule has 3 amide bonds. The van der Waals surface area contributed by atoms with Gasteiger partial charge in [-0.3, -0.25) is 9.69 Å². The lowest BCUT2D eigenvalue weighted by atomic mass is 10.1. The molecule has 0 spiro atoms.